The first kappa shape index (κ1) is 18.6. The maximum Gasteiger partial charge on any atom is 0.226 e. The molecule has 0 aromatic heterocycles. The zero-order valence-corrected chi connectivity index (χ0v) is 15.5. The second kappa shape index (κ2) is 8.92. The predicted molar refractivity (Wildman–Crippen MR) is 101 cm³/mol. The molecule has 2 N–H and O–H groups in total. The zero-order valence-electron chi connectivity index (χ0n) is 14.7. The second-order valence-electron chi connectivity index (χ2n) is 6.43. The van der Waals surface area contributed by atoms with E-state index in [-0.39, 0.29) is 5.91 Å². The molecule has 1 heterocycles. The van der Waals surface area contributed by atoms with Gasteiger partial charge in [-0.25, -0.2) is 0 Å². The van der Waals surface area contributed by atoms with E-state index < -0.39 is 0 Å². The molecule has 1 aliphatic heterocycles. The Bertz CT molecular complexity index is 595. The van der Waals surface area contributed by atoms with Crippen LogP contribution in [0.1, 0.15) is 31.7 Å². The van der Waals surface area contributed by atoms with E-state index in [1.165, 1.54) is 12.8 Å². The number of rotatable bonds is 4. The Morgan fingerprint density at radius 3 is 2.71 bits per heavy atom. The molecule has 24 heavy (non-hydrogen) atoms. The van der Waals surface area contributed by atoms with Gasteiger partial charge >= 0.3 is 0 Å². The number of benzene rings is 1. The monoisotopic (exact) mass is 350 g/mol. The van der Waals surface area contributed by atoms with E-state index in [4.69, 9.17) is 11.6 Å². The lowest BCUT2D eigenvalue weighted by Crippen LogP contribution is -2.45. The van der Waals surface area contributed by atoms with Crippen LogP contribution in [0.25, 0.3) is 0 Å². The summed E-state index contributed by atoms with van der Waals surface area (Å²) in [5.74, 6) is 1.60. The van der Waals surface area contributed by atoms with Gasteiger partial charge < -0.3 is 15.5 Å². The van der Waals surface area contributed by atoms with Crippen molar-refractivity contribution in [2.75, 3.05) is 32.0 Å². The summed E-state index contributed by atoms with van der Waals surface area (Å²) in [5, 5.41) is 6.69. The minimum atomic E-state index is -0.0593. The predicted octanol–water partition coefficient (Wildman–Crippen LogP) is 3.28. The summed E-state index contributed by atoms with van der Waals surface area (Å²) in [4.78, 5) is 18.7. The molecule has 132 valence electrons. The number of anilines is 1. The van der Waals surface area contributed by atoms with Gasteiger partial charge in [-0.3, -0.25) is 9.79 Å². The molecule has 1 fully saturated rings. The maximum absolute atomic E-state index is 12.1. The molecule has 1 amide bonds. The highest BCUT2D eigenvalue weighted by molar-refractivity contribution is 6.33. The molecule has 0 spiro atoms. The Morgan fingerprint density at radius 1 is 1.38 bits per heavy atom. The first-order valence-electron chi connectivity index (χ1n) is 8.51. The number of hydrogen-bond donors (Lipinski definition) is 2. The van der Waals surface area contributed by atoms with E-state index in [1.807, 2.05) is 25.1 Å². The van der Waals surface area contributed by atoms with Crippen LogP contribution in [0.3, 0.4) is 0 Å². The van der Waals surface area contributed by atoms with Gasteiger partial charge in [-0.05, 0) is 43.4 Å². The minimum Gasteiger partial charge on any atom is -0.356 e. The van der Waals surface area contributed by atoms with Gasteiger partial charge in [-0.15, -0.1) is 0 Å². The summed E-state index contributed by atoms with van der Waals surface area (Å²) in [7, 11) is 1.78. The lowest BCUT2D eigenvalue weighted by atomic mass is 10.00. The molecule has 1 aromatic rings. The summed E-state index contributed by atoms with van der Waals surface area (Å²) in [6.45, 7) is 6.84. The van der Waals surface area contributed by atoms with Gasteiger partial charge in [0.1, 0.15) is 0 Å². The molecule has 1 aliphatic rings. The van der Waals surface area contributed by atoms with E-state index in [1.54, 1.807) is 7.05 Å². The van der Waals surface area contributed by atoms with Crippen molar-refractivity contribution >= 4 is 29.2 Å². The van der Waals surface area contributed by atoms with Gasteiger partial charge in [0.05, 0.1) is 10.7 Å². The van der Waals surface area contributed by atoms with E-state index in [9.17, 15) is 4.79 Å². The molecule has 0 radical (unpaired) electrons. The van der Waals surface area contributed by atoms with Crippen LogP contribution in [0.15, 0.2) is 23.2 Å². The molecule has 0 atom stereocenters. The zero-order chi connectivity index (χ0) is 17.5. The number of nitrogens with zero attached hydrogens (tertiary/aromatic N) is 2. The van der Waals surface area contributed by atoms with Crippen molar-refractivity contribution < 1.29 is 4.79 Å². The third-order valence-corrected chi connectivity index (χ3v) is 4.64. The fourth-order valence-corrected chi connectivity index (χ4v) is 3.06. The van der Waals surface area contributed by atoms with Crippen molar-refractivity contribution in [1.82, 2.24) is 10.2 Å². The number of guanidine groups is 1. The van der Waals surface area contributed by atoms with Crippen LogP contribution in [0.5, 0.6) is 0 Å². The van der Waals surface area contributed by atoms with Gasteiger partial charge in [0.2, 0.25) is 5.91 Å². The third-order valence-electron chi connectivity index (χ3n) is 4.33. The van der Waals surface area contributed by atoms with Crippen LogP contribution in [0.2, 0.25) is 5.02 Å². The standard InChI is InChI=1S/C18H27ClN4O/c1-13-7-10-23(11-8-13)18(20-3)21-9-6-17(24)22-16-5-4-14(2)12-15(16)19/h4-5,12-13H,6-11H2,1-3H3,(H,20,21)(H,22,24). The number of hydrogen-bond acceptors (Lipinski definition) is 2. The van der Waals surface area contributed by atoms with E-state index in [0.29, 0.717) is 23.7 Å². The molecule has 1 saturated heterocycles. The highest BCUT2D eigenvalue weighted by atomic mass is 35.5. The van der Waals surface area contributed by atoms with Crippen LogP contribution in [-0.2, 0) is 4.79 Å². The number of nitrogens with one attached hydrogen (secondary N) is 2. The lowest BCUT2D eigenvalue weighted by Gasteiger charge is -2.32. The van der Waals surface area contributed by atoms with Crippen molar-refractivity contribution in [1.29, 1.82) is 0 Å². The number of carbonyl (C=O) groups excluding carboxylic acids is 1. The number of halogens is 1. The fourth-order valence-electron chi connectivity index (χ4n) is 2.77. The number of amides is 1. The number of carbonyl (C=O) groups is 1. The Hall–Kier alpha value is -1.75. The minimum absolute atomic E-state index is 0.0593. The van der Waals surface area contributed by atoms with Gasteiger partial charge in [-0.1, -0.05) is 24.6 Å². The SMILES string of the molecule is CN=C(NCCC(=O)Nc1ccc(C)cc1Cl)N1CCC(C)CC1. The van der Waals surface area contributed by atoms with Crippen LogP contribution in [0, 0.1) is 12.8 Å². The molecule has 6 heteroatoms. The van der Waals surface area contributed by atoms with Crippen molar-refractivity contribution in [3.63, 3.8) is 0 Å². The lowest BCUT2D eigenvalue weighted by molar-refractivity contribution is -0.116. The van der Waals surface area contributed by atoms with Crippen molar-refractivity contribution in [3.05, 3.63) is 28.8 Å². The molecule has 0 saturated carbocycles. The molecule has 0 bridgehead atoms. The van der Waals surface area contributed by atoms with Crippen LogP contribution >= 0.6 is 11.6 Å². The highest BCUT2D eigenvalue weighted by Crippen LogP contribution is 2.22. The van der Waals surface area contributed by atoms with Gasteiger partial charge in [0.25, 0.3) is 0 Å². The molecule has 2 rings (SSSR count). The Morgan fingerprint density at radius 2 is 2.08 bits per heavy atom. The average molecular weight is 351 g/mol. The van der Waals surface area contributed by atoms with E-state index >= 15 is 0 Å². The summed E-state index contributed by atoms with van der Waals surface area (Å²) in [6.07, 6.45) is 2.74. The second-order valence-corrected chi connectivity index (χ2v) is 6.83. The summed E-state index contributed by atoms with van der Waals surface area (Å²) >= 11 is 6.14. The largest absolute Gasteiger partial charge is 0.356 e. The highest BCUT2D eigenvalue weighted by Gasteiger charge is 2.18. The summed E-state index contributed by atoms with van der Waals surface area (Å²) < 4.78 is 0. The third kappa shape index (κ3) is 5.41. The normalized spacial score (nSPS) is 16.2. The molecule has 0 aliphatic carbocycles. The summed E-state index contributed by atoms with van der Waals surface area (Å²) in [6, 6.07) is 5.60. The number of aliphatic imine (C=N–C) groups is 1. The fraction of sp³-hybridized carbons (Fsp3) is 0.556. The van der Waals surface area contributed by atoms with Crippen molar-refractivity contribution in [2.24, 2.45) is 10.9 Å². The molecule has 5 nitrogen and oxygen atoms in total. The molecular formula is C18H27ClN4O. The smallest absolute Gasteiger partial charge is 0.226 e. The first-order chi connectivity index (χ1) is 11.5. The number of likely N-dealkylation sites (tertiary alicyclic amines) is 1. The van der Waals surface area contributed by atoms with Crippen molar-refractivity contribution in [3.8, 4) is 0 Å². The Labute approximate surface area is 149 Å². The molecule has 1 aromatic carbocycles. The van der Waals surface area contributed by atoms with E-state index in [2.05, 4.69) is 27.4 Å². The maximum atomic E-state index is 12.1. The Balaban J connectivity index is 1.77. The van der Waals surface area contributed by atoms with Gasteiger partial charge in [0.15, 0.2) is 5.96 Å². The van der Waals surface area contributed by atoms with Crippen LogP contribution in [0.4, 0.5) is 5.69 Å². The van der Waals surface area contributed by atoms with Gasteiger partial charge in [-0.2, -0.15) is 0 Å². The van der Waals surface area contributed by atoms with E-state index in [0.717, 1.165) is 30.5 Å². The molecular weight excluding hydrogens is 324 g/mol. The first-order valence-corrected chi connectivity index (χ1v) is 8.89. The Kier molecular flexibility index (Phi) is 6.91. The quantitative estimate of drug-likeness (QED) is 0.647. The van der Waals surface area contributed by atoms with Gasteiger partial charge in [0, 0.05) is 33.1 Å². The number of aryl methyl sites for hydroxylation is 1. The van der Waals surface area contributed by atoms with Crippen LogP contribution in [-0.4, -0.2) is 43.4 Å². The van der Waals surface area contributed by atoms with Crippen LogP contribution < -0.4 is 10.6 Å². The molecule has 0 unspecified atom stereocenters. The number of piperidine rings is 1. The van der Waals surface area contributed by atoms with Crippen molar-refractivity contribution in [2.45, 2.75) is 33.1 Å². The topological polar surface area (TPSA) is 56.7 Å². The summed E-state index contributed by atoms with van der Waals surface area (Å²) in [5.41, 5.74) is 1.72. The average Bonchev–Trinajstić information content (AvgIpc) is 2.55.